The minimum atomic E-state index is 1.13. The maximum Gasteiger partial charge on any atom is 0.0618 e. The van der Waals surface area contributed by atoms with E-state index >= 15 is 0 Å². The van der Waals surface area contributed by atoms with Crippen molar-refractivity contribution in [3.8, 4) is 33.4 Å². The molecule has 0 aliphatic rings. The summed E-state index contributed by atoms with van der Waals surface area (Å²) in [5.74, 6) is 0. The molecule has 0 amide bonds. The maximum atomic E-state index is 2.41. The van der Waals surface area contributed by atoms with Gasteiger partial charge in [0.15, 0.2) is 0 Å². The Hall–Kier alpha value is -5.92. The van der Waals surface area contributed by atoms with Crippen LogP contribution < -0.4 is 4.90 Å². The van der Waals surface area contributed by atoms with Crippen molar-refractivity contribution < 1.29 is 0 Å². The number of hydrogen-bond donors (Lipinski definition) is 0. The van der Waals surface area contributed by atoms with Crippen LogP contribution in [0.2, 0.25) is 0 Å². The monoisotopic (exact) mass is 573 g/mol. The van der Waals surface area contributed by atoms with Gasteiger partial charge in [-0.1, -0.05) is 146 Å². The van der Waals surface area contributed by atoms with E-state index in [0.717, 1.165) is 11.4 Å². The Labute approximate surface area is 264 Å². The normalized spacial score (nSPS) is 11.1. The van der Waals surface area contributed by atoms with Crippen LogP contribution in [-0.4, -0.2) is 0 Å². The van der Waals surface area contributed by atoms with Crippen molar-refractivity contribution in [2.24, 2.45) is 0 Å². The highest BCUT2D eigenvalue weighted by Gasteiger charge is 2.22. The lowest BCUT2D eigenvalue weighted by Crippen LogP contribution is -2.11. The van der Waals surface area contributed by atoms with E-state index < -0.39 is 0 Å². The number of hydrogen-bond acceptors (Lipinski definition) is 1. The molecule has 0 aliphatic carbocycles. The van der Waals surface area contributed by atoms with Crippen LogP contribution in [0.15, 0.2) is 188 Å². The molecule has 0 radical (unpaired) electrons. The minimum Gasteiger partial charge on any atom is -0.309 e. The third kappa shape index (κ3) is 4.95. The van der Waals surface area contributed by atoms with Crippen LogP contribution in [0.5, 0.6) is 0 Å². The summed E-state index contributed by atoms with van der Waals surface area (Å²) in [5.41, 5.74) is 10.7. The Morgan fingerprint density at radius 3 is 1.02 bits per heavy atom. The Bertz CT molecular complexity index is 2090. The molecular weight excluding hydrogens is 542 g/mol. The van der Waals surface area contributed by atoms with Crippen LogP contribution in [0.4, 0.5) is 17.1 Å². The van der Waals surface area contributed by atoms with Gasteiger partial charge in [0, 0.05) is 22.1 Å². The molecule has 0 bridgehead atoms. The van der Waals surface area contributed by atoms with Gasteiger partial charge in [0.25, 0.3) is 0 Å². The molecule has 1 heteroatoms. The van der Waals surface area contributed by atoms with Gasteiger partial charge in [-0.3, -0.25) is 0 Å². The van der Waals surface area contributed by atoms with Crippen LogP contribution in [0.3, 0.4) is 0 Å². The lowest BCUT2D eigenvalue weighted by Gasteiger charge is -2.29. The Morgan fingerprint density at radius 2 is 0.600 bits per heavy atom. The largest absolute Gasteiger partial charge is 0.309 e. The zero-order valence-electron chi connectivity index (χ0n) is 24.8. The second-order valence-electron chi connectivity index (χ2n) is 11.4. The van der Waals surface area contributed by atoms with E-state index in [1.807, 2.05) is 0 Å². The molecule has 212 valence electrons. The Balaban J connectivity index is 1.47. The molecule has 0 saturated heterocycles. The van der Waals surface area contributed by atoms with E-state index in [9.17, 15) is 0 Å². The van der Waals surface area contributed by atoms with E-state index in [0.29, 0.717) is 0 Å². The highest BCUT2D eigenvalue weighted by molar-refractivity contribution is 6.22. The molecule has 1 nitrogen and oxygen atoms in total. The molecule has 0 saturated carbocycles. The SMILES string of the molecule is c1ccc(-c2cc(-c3ccccc3)cc(-c3c4ccccc4c(N(c4ccccc4)c4ccccc4)c4ccccc34)c2)cc1. The first kappa shape index (κ1) is 26.7. The minimum absolute atomic E-state index is 1.13. The molecule has 0 aromatic heterocycles. The first-order valence-corrected chi connectivity index (χ1v) is 15.5. The summed E-state index contributed by atoms with van der Waals surface area (Å²) in [5, 5.41) is 4.88. The standard InChI is InChI=1S/C44H31N/c1-5-17-32(18-6-1)34-29-35(33-19-7-2-8-20-33)31-36(30-34)43-39-25-13-15-27-41(39)44(42-28-16-14-26-40(42)43)45(37-21-9-3-10-22-37)38-23-11-4-12-24-38/h1-31H. The molecule has 8 aromatic rings. The molecule has 8 aromatic carbocycles. The van der Waals surface area contributed by atoms with Gasteiger partial charge < -0.3 is 4.90 Å². The molecule has 8 rings (SSSR count). The van der Waals surface area contributed by atoms with E-state index in [-0.39, 0.29) is 0 Å². The molecular formula is C44H31N. The molecule has 0 fully saturated rings. The molecule has 0 unspecified atom stereocenters. The number of rotatable bonds is 6. The van der Waals surface area contributed by atoms with E-state index in [4.69, 9.17) is 0 Å². The molecule has 0 spiro atoms. The topological polar surface area (TPSA) is 3.24 Å². The quantitative estimate of drug-likeness (QED) is 0.179. The average molecular weight is 574 g/mol. The predicted octanol–water partition coefficient (Wildman–Crippen LogP) is 12.5. The van der Waals surface area contributed by atoms with Gasteiger partial charge >= 0.3 is 0 Å². The van der Waals surface area contributed by atoms with Crippen molar-refractivity contribution in [2.45, 2.75) is 0 Å². The van der Waals surface area contributed by atoms with E-state index in [1.165, 1.54) is 60.6 Å². The van der Waals surface area contributed by atoms with Gasteiger partial charge in [-0.25, -0.2) is 0 Å². The number of benzene rings is 8. The van der Waals surface area contributed by atoms with E-state index in [1.54, 1.807) is 0 Å². The molecule has 0 aliphatic heterocycles. The van der Waals surface area contributed by atoms with Gasteiger partial charge in [0.1, 0.15) is 0 Å². The maximum absolute atomic E-state index is 2.41. The lowest BCUT2D eigenvalue weighted by atomic mass is 9.87. The van der Waals surface area contributed by atoms with Gasteiger partial charge in [-0.15, -0.1) is 0 Å². The van der Waals surface area contributed by atoms with Crippen LogP contribution >= 0.6 is 0 Å². The van der Waals surface area contributed by atoms with Gasteiger partial charge in [0.05, 0.1) is 5.69 Å². The highest BCUT2D eigenvalue weighted by atomic mass is 15.1. The van der Waals surface area contributed by atoms with Crippen molar-refractivity contribution in [2.75, 3.05) is 4.90 Å². The summed E-state index contributed by atoms with van der Waals surface area (Å²) in [7, 11) is 0. The highest BCUT2D eigenvalue weighted by Crippen LogP contribution is 2.48. The third-order valence-corrected chi connectivity index (χ3v) is 8.59. The second-order valence-corrected chi connectivity index (χ2v) is 11.4. The Kier molecular flexibility index (Phi) is 6.90. The fourth-order valence-electron chi connectivity index (χ4n) is 6.59. The van der Waals surface area contributed by atoms with Gasteiger partial charge in [-0.05, 0) is 86.6 Å². The number of anilines is 3. The number of para-hydroxylation sites is 2. The summed E-state index contributed by atoms with van der Waals surface area (Å²) in [4.78, 5) is 2.41. The first-order chi connectivity index (χ1) is 22.3. The van der Waals surface area contributed by atoms with Gasteiger partial charge in [0.2, 0.25) is 0 Å². The first-order valence-electron chi connectivity index (χ1n) is 15.5. The summed E-state index contributed by atoms with van der Waals surface area (Å²) >= 11 is 0. The zero-order valence-corrected chi connectivity index (χ0v) is 24.8. The van der Waals surface area contributed by atoms with Crippen molar-refractivity contribution >= 4 is 38.6 Å². The van der Waals surface area contributed by atoms with Crippen LogP contribution in [-0.2, 0) is 0 Å². The summed E-state index contributed by atoms with van der Waals surface area (Å²) in [6.07, 6.45) is 0. The van der Waals surface area contributed by atoms with Crippen molar-refractivity contribution in [1.82, 2.24) is 0 Å². The van der Waals surface area contributed by atoms with Crippen molar-refractivity contribution in [3.05, 3.63) is 188 Å². The summed E-state index contributed by atoms with van der Waals surface area (Å²) < 4.78 is 0. The lowest BCUT2D eigenvalue weighted by molar-refractivity contribution is 1.31. The summed E-state index contributed by atoms with van der Waals surface area (Å²) in [6.45, 7) is 0. The molecule has 0 N–H and O–H groups in total. The molecule has 45 heavy (non-hydrogen) atoms. The molecule has 0 heterocycles. The fourth-order valence-corrected chi connectivity index (χ4v) is 6.59. The van der Waals surface area contributed by atoms with Gasteiger partial charge in [-0.2, -0.15) is 0 Å². The predicted molar refractivity (Wildman–Crippen MR) is 192 cm³/mol. The number of nitrogens with zero attached hydrogens (tertiary/aromatic N) is 1. The van der Waals surface area contributed by atoms with Crippen LogP contribution in [0.1, 0.15) is 0 Å². The summed E-state index contributed by atoms with van der Waals surface area (Å²) in [6, 6.07) is 67.6. The molecule has 0 atom stereocenters. The second kappa shape index (κ2) is 11.6. The average Bonchev–Trinajstić information content (AvgIpc) is 3.13. The van der Waals surface area contributed by atoms with Crippen LogP contribution in [0, 0.1) is 0 Å². The van der Waals surface area contributed by atoms with Crippen LogP contribution in [0.25, 0.3) is 54.9 Å². The van der Waals surface area contributed by atoms with E-state index in [2.05, 4.69) is 193 Å². The Morgan fingerprint density at radius 1 is 0.267 bits per heavy atom. The van der Waals surface area contributed by atoms with Crippen molar-refractivity contribution in [3.63, 3.8) is 0 Å². The fraction of sp³-hybridized carbons (Fsp3) is 0. The van der Waals surface area contributed by atoms with Crippen molar-refractivity contribution in [1.29, 1.82) is 0 Å². The third-order valence-electron chi connectivity index (χ3n) is 8.59. The number of fused-ring (bicyclic) bond motifs is 2. The zero-order chi connectivity index (χ0) is 30.0. The smallest absolute Gasteiger partial charge is 0.0618 e.